The lowest BCUT2D eigenvalue weighted by Crippen LogP contribution is -2.46. The van der Waals surface area contributed by atoms with E-state index in [0.29, 0.717) is 18.7 Å². The van der Waals surface area contributed by atoms with E-state index in [4.69, 9.17) is 0 Å². The van der Waals surface area contributed by atoms with Gasteiger partial charge in [-0.1, -0.05) is 123 Å². The number of carbonyl (C=O) groups excluding carboxylic acids is 4. The average Bonchev–Trinajstić information content (AvgIpc) is 2.80. The van der Waals surface area contributed by atoms with Crippen LogP contribution in [0.2, 0.25) is 0 Å². The third-order valence-corrected chi connectivity index (χ3v) is 9.37. The van der Waals surface area contributed by atoms with Crippen LogP contribution >= 0.6 is 23.5 Å². The van der Waals surface area contributed by atoms with Gasteiger partial charge in [0.1, 0.15) is 5.92 Å². The monoisotopic (exact) mass is 603 g/mol. The summed E-state index contributed by atoms with van der Waals surface area (Å²) in [5.74, 6) is -2.70. The zero-order valence-electron chi connectivity index (χ0n) is 27.1. The Morgan fingerprint density at radius 1 is 0.707 bits per heavy atom. The van der Waals surface area contributed by atoms with Gasteiger partial charge in [-0.15, -0.1) is 0 Å². The molecule has 1 atom stereocenters. The van der Waals surface area contributed by atoms with Gasteiger partial charge in [-0.25, -0.2) is 0 Å². The molecule has 2 rings (SSSR count). The lowest BCUT2D eigenvalue weighted by Gasteiger charge is -2.36. The highest BCUT2D eigenvalue weighted by Gasteiger charge is 2.46. The van der Waals surface area contributed by atoms with Gasteiger partial charge in [0.2, 0.25) is 16.1 Å². The largest absolute Gasteiger partial charge is 0.342 e. The molecule has 1 saturated heterocycles. The third-order valence-electron chi connectivity index (χ3n) is 7.06. The van der Waals surface area contributed by atoms with Crippen LogP contribution in [0.4, 0.5) is 0 Å². The van der Waals surface area contributed by atoms with Gasteiger partial charge in [0.25, 0.3) is 0 Å². The van der Waals surface area contributed by atoms with E-state index in [0.717, 1.165) is 55.6 Å². The third kappa shape index (κ3) is 12.3. The molecular weight excluding hydrogens is 551 g/mol. The van der Waals surface area contributed by atoms with E-state index < -0.39 is 21.3 Å². The summed E-state index contributed by atoms with van der Waals surface area (Å²) in [7, 11) is 0. The molecule has 1 aliphatic heterocycles. The SMILES string of the molecule is CC(C)(C)CC(C)(C)SC(=O)C(C(=O)SC(C)(C)CC(C)(C)C)[C@H](CC(=O)c1ccccc1)C(=O)N1CCCCC1. The highest BCUT2D eigenvalue weighted by atomic mass is 32.2. The van der Waals surface area contributed by atoms with E-state index in [2.05, 4.69) is 41.5 Å². The number of hydrogen-bond acceptors (Lipinski definition) is 6. The number of rotatable bonds is 11. The number of amides is 1. The van der Waals surface area contributed by atoms with E-state index in [1.807, 2.05) is 33.8 Å². The highest BCUT2D eigenvalue weighted by molar-refractivity contribution is 8.16. The first-order valence-electron chi connectivity index (χ1n) is 15.0. The van der Waals surface area contributed by atoms with Crippen molar-refractivity contribution in [3.05, 3.63) is 35.9 Å². The Labute approximate surface area is 257 Å². The minimum atomic E-state index is -1.20. The minimum absolute atomic E-state index is 0.0218. The van der Waals surface area contributed by atoms with Gasteiger partial charge >= 0.3 is 0 Å². The molecule has 7 heteroatoms. The van der Waals surface area contributed by atoms with Gasteiger partial charge in [0, 0.05) is 34.6 Å². The Balaban J connectivity index is 2.55. The Hall–Kier alpha value is -1.60. The summed E-state index contributed by atoms with van der Waals surface area (Å²) in [6.07, 6.45) is 4.17. The number of piperidine rings is 1. The average molecular weight is 604 g/mol. The fourth-order valence-corrected chi connectivity index (χ4v) is 9.33. The van der Waals surface area contributed by atoms with Crippen molar-refractivity contribution >= 4 is 45.4 Å². The van der Waals surface area contributed by atoms with Crippen LogP contribution in [0.3, 0.4) is 0 Å². The predicted octanol–water partition coefficient (Wildman–Crippen LogP) is 8.45. The minimum Gasteiger partial charge on any atom is -0.342 e. The molecule has 1 aromatic rings. The number of hydrogen-bond donors (Lipinski definition) is 0. The molecule has 0 bridgehead atoms. The summed E-state index contributed by atoms with van der Waals surface area (Å²) in [4.78, 5) is 58.0. The van der Waals surface area contributed by atoms with Crippen LogP contribution in [-0.2, 0) is 14.4 Å². The first kappa shape index (κ1) is 35.6. The molecule has 0 unspecified atom stereocenters. The lowest BCUT2D eigenvalue weighted by molar-refractivity contribution is -0.142. The maximum Gasteiger partial charge on any atom is 0.227 e. The molecule has 1 fully saturated rings. The molecule has 0 saturated carbocycles. The number of thioether (sulfide) groups is 2. The van der Waals surface area contributed by atoms with Gasteiger partial charge < -0.3 is 4.90 Å². The summed E-state index contributed by atoms with van der Waals surface area (Å²) >= 11 is 2.33. The van der Waals surface area contributed by atoms with Crippen molar-refractivity contribution in [3.63, 3.8) is 0 Å². The zero-order valence-corrected chi connectivity index (χ0v) is 28.7. The predicted molar refractivity (Wildman–Crippen MR) is 174 cm³/mol. The molecule has 1 heterocycles. The topological polar surface area (TPSA) is 71.5 Å². The smallest absolute Gasteiger partial charge is 0.227 e. The number of benzene rings is 1. The molecule has 41 heavy (non-hydrogen) atoms. The zero-order chi connectivity index (χ0) is 31.2. The van der Waals surface area contributed by atoms with Crippen molar-refractivity contribution in [1.29, 1.82) is 0 Å². The molecule has 0 aromatic heterocycles. The van der Waals surface area contributed by atoms with Gasteiger partial charge in [-0.05, 0) is 42.9 Å². The molecule has 230 valence electrons. The van der Waals surface area contributed by atoms with Gasteiger partial charge in [-0.2, -0.15) is 0 Å². The summed E-state index contributed by atoms with van der Waals surface area (Å²) in [6.45, 7) is 22.1. The van der Waals surface area contributed by atoms with Crippen molar-refractivity contribution in [2.24, 2.45) is 22.7 Å². The van der Waals surface area contributed by atoms with Crippen molar-refractivity contribution in [2.45, 2.75) is 117 Å². The maximum atomic E-state index is 14.3. The standard InChI is InChI=1S/C34H53NO4S2/c1-31(2,3)22-33(7,8)40-29(38)27(30(39)41-34(9,10)23-32(4,5)6)25(28(37)35-19-15-12-16-20-35)21-26(36)24-17-13-11-14-18-24/h11,13-14,17-18,25,27H,12,15-16,19-23H2,1-10H3/t25-/m0/s1. The molecule has 5 nitrogen and oxygen atoms in total. The summed E-state index contributed by atoms with van der Waals surface area (Å²) in [5, 5.41) is -0.612. The molecular formula is C34H53NO4S2. The van der Waals surface area contributed by atoms with E-state index in [-0.39, 0.29) is 39.2 Å². The Kier molecular flexibility index (Phi) is 12.4. The number of Topliss-reactive ketones (excluding diaryl/α,β-unsaturated/α-hetero) is 1. The fraction of sp³-hybridized carbons (Fsp3) is 0.706. The van der Waals surface area contributed by atoms with Crippen LogP contribution in [0.1, 0.15) is 118 Å². The van der Waals surface area contributed by atoms with Crippen molar-refractivity contribution in [1.82, 2.24) is 4.90 Å². The van der Waals surface area contributed by atoms with E-state index in [1.165, 1.54) is 0 Å². The van der Waals surface area contributed by atoms with Crippen molar-refractivity contribution < 1.29 is 19.2 Å². The highest BCUT2D eigenvalue weighted by Crippen LogP contribution is 2.44. The molecule has 0 spiro atoms. The summed E-state index contributed by atoms with van der Waals surface area (Å²) < 4.78 is -0.886. The second kappa shape index (κ2) is 14.2. The molecule has 1 aromatic carbocycles. The second-order valence-electron chi connectivity index (χ2n) is 15.3. The van der Waals surface area contributed by atoms with Crippen LogP contribution in [0.15, 0.2) is 30.3 Å². The molecule has 0 aliphatic carbocycles. The van der Waals surface area contributed by atoms with Crippen LogP contribution in [0.5, 0.6) is 0 Å². The normalized spacial score (nSPS) is 16.0. The fourth-order valence-electron chi connectivity index (χ4n) is 6.36. The van der Waals surface area contributed by atoms with Crippen molar-refractivity contribution in [3.8, 4) is 0 Å². The van der Waals surface area contributed by atoms with Gasteiger partial charge in [0.15, 0.2) is 5.78 Å². The Morgan fingerprint density at radius 2 is 1.15 bits per heavy atom. The number of ketones is 1. The van der Waals surface area contributed by atoms with E-state index in [1.54, 1.807) is 29.2 Å². The van der Waals surface area contributed by atoms with E-state index in [9.17, 15) is 19.2 Å². The Morgan fingerprint density at radius 3 is 1.56 bits per heavy atom. The van der Waals surface area contributed by atoms with Gasteiger partial charge in [0.05, 0.1) is 5.92 Å². The van der Waals surface area contributed by atoms with E-state index >= 15 is 0 Å². The number of carbonyl (C=O) groups is 4. The second-order valence-corrected chi connectivity index (χ2v) is 18.7. The van der Waals surface area contributed by atoms with Crippen LogP contribution in [-0.4, -0.2) is 49.4 Å². The lowest BCUT2D eigenvalue weighted by atomic mass is 9.85. The molecule has 1 amide bonds. The van der Waals surface area contributed by atoms with Crippen LogP contribution in [0.25, 0.3) is 0 Å². The number of nitrogens with zero attached hydrogens (tertiary/aromatic N) is 1. The first-order valence-corrected chi connectivity index (χ1v) is 16.7. The van der Waals surface area contributed by atoms with Gasteiger partial charge in [-0.3, -0.25) is 19.2 Å². The summed E-state index contributed by atoms with van der Waals surface area (Å²) in [6, 6.07) is 8.87. The first-order chi connectivity index (χ1) is 18.7. The number of likely N-dealkylation sites (tertiary alicyclic amines) is 1. The van der Waals surface area contributed by atoms with Crippen LogP contribution in [0, 0.1) is 22.7 Å². The molecule has 0 radical (unpaired) electrons. The van der Waals surface area contributed by atoms with Crippen molar-refractivity contribution in [2.75, 3.05) is 13.1 Å². The Bertz CT molecular complexity index is 1020. The molecule has 0 N–H and O–H groups in total. The maximum absolute atomic E-state index is 14.3. The quantitative estimate of drug-likeness (QED) is 0.187. The summed E-state index contributed by atoms with van der Waals surface area (Å²) in [5.41, 5.74) is 0.446. The van der Waals surface area contributed by atoms with Crippen LogP contribution < -0.4 is 0 Å². The molecule has 1 aliphatic rings.